The lowest BCUT2D eigenvalue weighted by molar-refractivity contribution is -0.140. The van der Waals surface area contributed by atoms with Gasteiger partial charge in [-0.3, -0.25) is 14.5 Å². The van der Waals surface area contributed by atoms with Gasteiger partial charge in [-0.25, -0.2) is 0 Å². The third kappa shape index (κ3) is 3.05. The number of benzene rings is 1. The second-order valence-corrected chi connectivity index (χ2v) is 5.32. The minimum Gasteiger partial charge on any atom is -0.469 e. The van der Waals surface area contributed by atoms with Crippen LogP contribution in [0.1, 0.15) is 24.2 Å². The molecular formula is C17H17NO3. The molecule has 2 heterocycles. The molecule has 1 aromatic heterocycles. The van der Waals surface area contributed by atoms with Gasteiger partial charge in [0.15, 0.2) is 0 Å². The highest BCUT2D eigenvalue weighted by Gasteiger charge is 2.37. The maximum absolute atomic E-state index is 12.4. The average molecular weight is 283 g/mol. The van der Waals surface area contributed by atoms with Crippen molar-refractivity contribution in [1.29, 1.82) is 0 Å². The lowest BCUT2D eigenvalue weighted by Crippen LogP contribution is -2.30. The van der Waals surface area contributed by atoms with E-state index in [4.69, 9.17) is 4.42 Å². The largest absolute Gasteiger partial charge is 0.469 e. The first kappa shape index (κ1) is 13.6. The van der Waals surface area contributed by atoms with Gasteiger partial charge in [-0.15, -0.1) is 0 Å². The van der Waals surface area contributed by atoms with Crippen LogP contribution in [0.3, 0.4) is 0 Å². The molecule has 2 aromatic rings. The first-order chi connectivity index (χ1) is 10.2. The molecule has 1 aliphatic rings. The highest BCUT2D eigenvalue weighted by molar-refractivity contribution is 6.03. The number of hydrogen-bond acceptors (Lipinski definition) is 3. The molecule has 21 heavy (non-hydrogen) atoms. The zero-order chi connectivity index (χ0) is 14.7. The molecule has 1 atom stereocenters. The Morgan fingerprint density at radius 1 is 1.10 bits per heavy atom. The van der Waals surface area contributed by atoms with E-state index in [1.165, 1.54) is 4.90 Å². The number of likely N-dealkylation sites (tertiary alicyclic amines) is 1. The number of carbonyl (C=O) groups is 2. The van der Waals surface area contributed by atoms with Crippen molar-refractivity contribution < 1.29 is 14.0 Å². The molecule has 3 rings (SSSR count). The summed E-state index contributed by atoms with van der Waals surface area (Å²) in [6.45, 7) is 0.371. The van der Waals surface area contributed by atoms with Gasteiger partial charge in [0.25, 0.3) is 0 Å². The fraction of sp³-hybridized carbons (Fsp3) is 0.294. The number of hydrogen-bond donors (Lipinski definition) is 0. The molecule has 0 bridgehead atoms. The molecule has 2 amide bonds. The number of carbonyl (C=O) groups excluding carboxylic acids is 2. The van der Waals surface area contributed by atoms with Gasteiger partial charge < -0.3 is 4.42 Å². The molecule has 0 N–H and O–H groups in total. The molecule has 1 saturated heterocycles. The van der Waals surface area contributed by atoms with Crippen LogP contribution < -0.4 is 0 Å². The van der Waals surface area contributed by atoms with Gasteiger partial charge in [0.05, 0.1) is 12.8 Å². The van der Waals surface area contributed by atoms with Gasteiger partial charge in [-0.1, -0.05) is 30.3 Å². The number of imide groups is 1. The van der Waals surface area contributed by atoms with Crippen LogP contribution in [0.15, 0.2) is 53.1 Å². The normalized spacial score (nSPS) is 18.5. The van der Waals surface area contributed by atoms with E-state index >= 15 is 0 Å². The first-order valence-corrected chi connectivity index (χ1v) is 7.14. The van der Waals surface area contributed by atoms with Crippen molar-refractivity contribution >= 4 is 11.8 Å². The SMILES string of the molecule is O=C1C[C@@H](CCc2ccco2)C(=O)N1Cc1ccccc1. The molecule has 0 spiro atoms. The van der Waals surface area contributed by atoms with E-state index in [0.29, 0.717) is 25.8 Å². The molecule has 1 aliphatic heterocycles. The topological polar surface area (TPSA) is 50.5 Å². The Bertz CT molecular complexity index is 619. The molecule has 0 saturated carbocycles. The van der Waals surface area contributed by atoms with Crippen LogP contribution in [-0.4, -0.2) is 16.7 Å². The van der Waals surface area contributed by atoms with Gasteiger partial charge in [-0.05, 0) is 24.1 Å². The van der Waals surface area contributed by atoms with Crippen molar-refractivity contribution in [2.45, 2.75) is 25.8 Å². The van der Waals surface area contributed by atoms with E-state index in [-0.39, 0.29) is 17.7 Å². The molecule has 4 nitrogen and oxygen atoms in total. The number of amides is 2. The number of nitrogens with zero attached hydrogens (tertiary/aromatic N) is 1. The quantitative estimate of drug-likeness (QED) is 0.793. The van der Waals surface area contributed by atoms with E-state index in [1.54, 1.807) is 6.26 Å². The highest BCUT2D eigenvalue weighted by atomic mass is 16.3. The molecular weight excluding hydrogens is 266 g/mol. The molecule has 4 heteroatoms. The third-order valence-corrected chi connectivity index (χ3v) is 3.84. The van der Waals surface area contributed by atoms with E-state index in [2.05, 4.69) is 0 Å². The maximum atomic E-state index is 12.4. The lowest BCUT2D eigenvalue weighted by atomic mass is 10.0. The fourth-order valence-electron chi connectivity index (χ4n) is 2.68. The molecule has 0 unspecified atom stereocenters. The predicted molar refractivity (Wildman–Crippen MR) is 77.1 cm³/mol. The second kappa shape index (κ2) is 5.95. The summed E-state index contributed by atoms with van der Waals surface area (Å²) >= 11 is 0. The van der Waals surface area contributed by atoms with E-state index in [9.17, 15) is 9.59 Å². The van der Waals surface area contributed by atoms with Gasteiger partial charge in [-0.2, -0.15) is 0 Å². The molecule has 0 radical (unpaired) electrons. The van der Waals surface area contributed by atoms with Crippen LogP contribution >= 0.6 is 0 Å². The summed E-state index contributed by atoms with van der Waals surface area (Å²) in [5, 5.41) is 0. The molecule has 1 fully saturated rings. The number of aryl methyl sites for hydroxylation is 1. The van der Waals surface area contributed by atoms with E-state index in [1.807, 2.05) is 42.5 Å². The summed E-state index contributed by atoms with van der Waals surface area (Å²) in [5.74, 6) is 0.506. The molecule has 108 valence electrons. The van der Waals surface area contributed by atoms with Crippen LogP contribution in [0.4, 0.5) is 0 Å². The van der Waals surface area contributed by atoms with Crippen molar-refractivity contribution in [3.8, 4) is 0 Å². The number of rotatable bonds is 5. The van der Waals surface area contributed by atoms with Crippen molar-refractivity contribution in [2.24, 2.45) is 5.92 Å². The second-order valence-electron chi connectivity index (χ2n) is 5.32. The summed E-state index contributed by atoms with van der Waals surface area (Å²) in [6.07, 6.45) is 3.28. The Morgan fingerprint density at radius 2 is 1.90 bits per heavy atom. The Balaban J connectivity index is 1.62. The Morgan fingerprint density at radius 3 is 2.62 bits per heavy atom. The van der Waals surface area contributed by atoms with Gasteiger partial charge in [0, 0.05) is 18.8 Å². The van der Waals surface area contributed by atoms with Crippen molar-refractivity contribution in [3.05, 3.63) is 60.1 Å². The summed E-state index contributed by atoms with van der Waals surface area (Å²) in [6, 6.07) is 13.3. The first-order valence-electron chi connectivity index (χ1n) is 7.14. The van der Waals surface area contributed by atoms with Crippen molar-refractivity contribution in [1.82, 2.24) is 4.90 Å². The van der Waals surface area contributed by atoms with E-state index < -0.39 is 0 Å². The zero-order valence-electron chi connectivity index (χ0n) is 11.7. The van der Waals surface area contributed by atoms with Crippen LogP contribution in [0, 0.1) is 5.92 Å². The van der Waals surface area contributed by atoms with Crippen LogP contribution in [0.2, 0.25) is 0 Å². The summed E-state index contributed by atoms with van der Waals surface area (Å²) in [4.78, 5) is 25.8. The van der Waals surface area contributed by atoms with Crippen LogP contribution in [0.5, 0.6) is 0 Å². The number of furan rings is 1. The van der Waals surface area contributed by atoms with E-state index in [0.717, 1.165) is 11.3 Å². The Labute approximate surface area is 123 Å². The minimum atomic E-state index is -0.216. The summed E-state index contributed by atoms with van der Waals surface area (Å²) in [7, 11) is 0. The fourth-order valence-corrected chi connectivity index (χ4v) is 2.68. The zero-order valence-corrected chi connectivity index (χ0v) is 11.7. The lowest BCUT2D eigenvalue weighted by Gasteiger charge is -2.14. The average Bonchev–Trinajstić information content (AvgIpc) is 3.10. The highest BCUT2D eigenvalue weighted by Crippen LogP contribution is 2.25. The van der Waals surface area contributed by atoms with Gasteiger partial charge >= 0.3 is 0 Å². The third-order valence-electron chi connectivity index (χ3n) is 3.84. The summed E-state index contributed by atoms with van der Waals surface area (Å²) in [5.41, 5.74) is 0.978. The van der Waals surface area contributed by atoms with Crippen molar-refractivity contribution in [3.63, 3.8) is 0 Å². The minimum absolute atomic E-state index is 0.0598. The molecule has 0 aliphatic carbocycles. The standard InChI is InChI=1S/C17H17NO3/c19-16-11-14(8-9-15-7-4-10-21-15)17(20)18(16)12-13-5-2-1-3-6-13/h1-7,10,14H,8-9,11-12H2/t14-/m1/s1. The van der Waals surface area contributed by atoms with Crippen LogP contribution in [-0.2, 0) is 22.6 Å². The van der Waals surface area contributed by atoms with Crippen molar-refractivity contribution in [2.75, 3.05) is 0 Å². The predicted octanol–water partition coefficient (Wildman–Crippen LogP) is 2.79. The van der Waals surface area contributed by atoms with Crippen LogP contribution in [0.25, 0.3) is 0 Å². The van der Waals surface area contributed by atoms with Gasteiger partial charge in [0.1, 0.15) is 5.76 Å². The maximum Gasteiger partial charge on any atom is 0.233 e. The summed E-state index contributed by atoms with van der Waals surface area (Å²) < 4.78 is 5.27. The molecule has 1 aromatic carbocycles. The monoisotopic (exact) mass is 283 g/mol. The Hall–Kier alpha value is -2.36. The Kier molecular flexibility index (Phi) is 3.86. The van der Waals surface area contributed by atoms with Gasteiger partial charge in [0.2, 0.25) is 11.8 Å². The smallest absolute Gasteiger partial charge is 0.233 e.